The van der Waals surface area contributed by atoms with Crippen LogP contribution in [-0.4, -0.2) is 41.7 Å². The summed E-state index contributed by atoms with van der Waals surface area (Å²) in [5.41, 5.74) is 6.60. The third-order valence-electron chi connectivity index (χ3n) is 6.34. The van der Waals surface area contributed by atoms with Crippen LogP contribution in [0.3, 0.4) is 0 Å². The van der Waals surface area contributed by atoms with E-state index in [9.17, 15) is 14.3 Å². The monoisotopic (exact) mass is 390 g/mol. The van der Waals surface area contributed by atoms with Crippen molar-refractivity contribution in [3.63, 3.8) is 0 Å². The van der Waals surface area contributed by atoms with E-state index in [4.69, 9.17) is 10.5 Å². The third-order valence-corrected chi connectivity index (χ3v) is 6.34. The van der Waals surface area contributed by atoms with Crippen LogP contribution >= 0.6 is 0 Å². The number of carbonyl (C=O) groups excluding carboxylic acids is 1. The molecule has 3 N–H and O–H groups in total. The normalized spacial score (nSPS) is 23.5. The quantitative estimate of drug-likeness (QED) is 0.693. The van der Waals surface area contributed by atoms with Gasteiger partial charge in [0.1, 0.15) is 17.3 Å². The standard InChI is InChI=1S/C22H31FN2O3/c1-14(26)17-10-18(23)12-20(11-17)28-13-15-6-8-16(9-7-15)21(24)22(27)25(2)19-4-3-5-19/h10-12,15-16,19,21,26H,1,3-9,13,24H2,2H3/t15?,16?,21-/m0/s1. The summed E-state index contributed by atoms with van der Waals surface area (Å²) in [4.78, 5) is 14.4. The Balaban J connectivity index is 1.46. The van der Waals surface area contributed by atoms with Crippen LogP contribution in [0.15, 0.2) is 24.8 Å². The maximum Gasteiger partial charge on any atom is 0.239 e. The summed E-state index contributed by atoms with van der Waals surface area (Å²) in [6, 6.07) is 4.06. The number of aliphatic hydroxyl groups is 1. The van der Waals surface area contributed by atoms with Gasteiger partial charge in [-0.3, -0.25) is 4.79 Å². The van der Waals surface area contributed by atoms with Gasteiger partial charge in [-0.1, -0.05) is 6.58 Å². The minimum atomic E-state index is -0.466. The molecule has 154 valence electrons. The smallest absolute Gasteiger partial charge is 0.239 e. The van der Waals surface area contributed by atoms with E-state index in [0.29, 0.717) is 29.9 Å². The van der Waals surface area contributed by atoms with Gasteiger partial charge in [0.05, 0.1) is 12.6 Å². The summed E-state index contributed by atoms with van der Waals surface area (Å²) in [6.07, 6.45) is 7.06. The Kier molecular flexibility index (Phi) is 6.60. The average molecular weight is 390 g/mol. The summed E-state index contributed by atoms with van der Waals surface area (Å²) in [5, 5.41) is 9.45. The van der Waals surface area contributed by atoms with Crippen LogP contribution in [0.1, 0.15) is 50.5 Å². The van der Waals surface area contributed by atoms with Crippen LogP contribution in [0, 0.1) is 17.7 Å². The van der Waals surface area contributed by atoms with Crippen molar-refractivity contribution in [2.24, 2.45) is 17.6 Å². The molecule has 0 saturated heterocycles. The average Bonchev–Trinajstić information content (AvgIpc) is 2.63. The van der Waals surface area contributed by atoms with Crippen molar-refractivity contribution in [1.29, 1.82) is 0 Å². The molecule has 0 aromatic heterocycles. The van der Waals surface area contributed by atoms with Crippen molar-refractivity contribution < 1.29 is 19.0 Å². The predicted molar refractivity (Wildman–Crippen MR) is 107 cm³/mol. The zero-order chi connectivity index (χ0) is 20.3. The van der Waals surface area contributed by atoms with E-state index in [1.165, 1.54) is 18.6 Å². The zero-order valence-corrected chi connectivity index (χ0v) is 16.6. The molecule has 3 rings (SSSR count). The first-order valence-electron chi connectivity index (χ1n) is 10.2. The molecule has 0 heterocycles. The van der Waals surface area contributed by atoms with E-state index in [1.807, 2.05) is 11.9 Å². The van der Waals surface area contributed by atoms with Gasteiger partial charge in [-0.15, -0.1) is 0 Å². The number of likely N-dealkylation sites (N-methyl/N-ethyl adjacent to an activating group) is 1. The Morgan fingerprint density at radius 3 is 2.54 bits per heavy atom. The number of nitrogens with zero attached hydrogens (tertiary/aromatic N) is 1. The number of nitrogens with two attached hydrogens (primary N) is 1. The van der Waals surface area contributed by atoms with Gasteiger partial charge in [0.25, 0.3) is 0 Å². The summed E-state index contributed by atoms with van der Waals surface area (Å²) in [6.45, 7) is 3.90. The molecule has 1 aromatic carbocycles. The maximum atomic E-state index is 13.6. The van der Waals surface area contributed by atoms with Crippen LogP contribution < -0.4 is 10.5 Å². The van der Waals surface area contributed by atoms with Crippen molar-refractivity contribution in [1.82, 2.24) is 4.90 Å². The zero-order valence-electron chi connectivity index (χ0n) is 16.6. The molecule has 2 aliphatic carbocycles. The van der Waals surface area contributed by atoms with Crippen molar-refractivity contribution in [3.8, 4) is 5.75 Å². The van der Waals surface area contributed by atoms with Crippen molar-refractivity contribution in [2.75, 3.05) is 13.7 Å². The van der Waals surface area contributed by atoms with Gasteiger partial charge in [-0.05, 0) is 68.9 Å². The summed E-state index contributed by atoms with van der Waals surface area (Å²) in [7, 11) is 1.87. The lowest BCUT2D eigenvalue weighted by Gasteiger charge is -2.38. The molecule has 6 heteroatoms. The van der Waals surface area contributed by atoms with Crippen molar-refractivity contribution >= 4 is 11.7 Å². The topological polar surface area (TPSA) is 75.8 Å². The Morgan fingerprint density at radius 2 is 1.96 bits per heavy atom. The second-order valence-corrected chi connectivity index (χ2v) is 8.27. The second kappa shape index (κ2) is 8.95. The van der Waals surface area contributed by atoms with Crippen LogP contribution in [-0.2, 0) is 4.79 Å². The molecule has 1 amide bonds. The highest BCUT2D eigenvalue weighted by atomic mass is 19.1. The highest BCUT2D eigenvalue weighted by molar-refractivity contribution is 5.82. The molecule has 1 atom stereocenters. The number of benzene rings is 1. The summed E-state index contributed by atoms with van der Waals surface area (Å²) >= 11 is 0. The molecule has 2 aliphatic rings. The summed E-state index contributed by atoms with van der Waals surface area (Å²) < 4.78 is 19.4. The molecular weight excluding hydrogens is 359 g/mol. The SMILES string of the molecule is C=C(O)c1cc(F)cc(OCC2CCC([C@H](N)C(=O)N(C)C3CCC3)CC2)c1. The molecule has 0 radical (unpaired) electrons. The number of aliphatic hydroxyl groups excluding tert-OH is 1. The van der Waals surface area contributed by atoms with E-state index in [0.717, 1.165) is 38.5 Å². The van der Waals surface area contributed by atoms with Crippen LogP contribution in [0.4, 0.5) is 4.39 Å². The molecule has 5 nitrogen and oxygen atoms in total. The largest absolute Gasteiger partial charge is 0.508 e. The van der Waals surface area contributed by atoms with E-state index in [2.05, 4.69) is 6.58 Å². The Bertz CT molecular complexity index is 712. The first kappa shape index (κ1) is 20.6. The Hall–Kier alpha value is -2.08. The molecule has 0 unspecified atom stereocenters. The van der Waals surface area contributed by atoms with Crippen LogP contribution in [0.25, 0.3) is 5.76 Å². The molecular formula is C22H31FN2O3. The minimum absolute atomic E-state index is 0.0703. The van der Waals surface area contributed by atoms with Gasteiger partial charge in [0, 0.05) is 24.7 Å². The number of rotatable bonds is 7. The van der Waals surface area contributed by atoms with Crippen LogP contribution in [0.5, 0.6) is 5.75 Å². The highest BCUT2D eigenvalue weighted by Gasteiger charge is 2.34. The Morgan fingerprint density at radius 1 is 1.29 bits per heavy atom. The first-order chi connectivity index (χ1) is 13.3. The van der Waals surface area contributed by atoms with Gasteiger partial charge >= 0.3 is 0 Å². The lowest BCUT2D eigenvalue weighted by molar-refractivity contribution is -0.136. The highest BCUT2D eigenvalue weighted by Crippen LogP contribution is 2.33. The maximum absolute atomic E-state index is 13.6. The second-order valence-electron chi connectivity index (χ2n) is 8.27. The number of ether oxygens (including phenoxy) is 1. The molecule has 0 bridgehead atoms. The fourth-order valence-electron chi connectivity index (χ4n) is 4.13. The molecule has 28 heavy (non-hydrogen) atoms. The minimum Gasteiger partial charge on any atom is -0.508 e. The number of carbonyl (C=O) groups is 1. The van der Waals surface area contributed by atoms with Crippen LogP contribution in [0.2, 0.25) is 0 Å². The lowest BCUT2D eigenvalue weighted by atomic mass is 9.78. The van der Waals surface area contributed by atoms with Gasteiger partial charge < -0.3 is 20.5 Å². The van der Waals surface area contributed by atoms with Crippen molar-refractivity contribution in [3.05, 3.63) is 36.2 Å². The molecule has 0 aliphatic heterocycles. The van der Waals surface area contributed by atoms with Gasteiger partial charge in [0.2, 0.25) is 5.91 Å². The third kappa shape index (κ3) is 4.85. The number of halogens is 1. The van der Waals surface area contributed by atoms with E-state index in [1.54, 1.807) is 6.07 Å². The van der Waals surface area contributed by atoms with E-state index >= 15 is 0 Å². The predicted octanol–water partition coefficient (Wildman–Crippen LogP) is 3.88. The van der Waals surface area contributed by atoms with E-state index < -0.39 is 11.9 Å². The van der Waals surface area contributed by atoms with E-state index in [-0.39, 0.29) is 17.6 Å². The van der Waals surface area contributed by atoms with Crippen molar-refractivity contribution in [2.45, 2.75) is 57.0 Å². The lowest BCUT2D eigenvalue weighted by Crippen LogP contribution is -2.52. The molecule has 0 spiro atoms. The number of hydrogen-bond donors (Lipinski definition) is 2. The molecule has 2 fully saturated rings. The van der Waals surface area contributed by atoms with Gasteiger partial charge in [-0.25, -0.2) is 4.39 Å². The summed E-state index contributed by atoms with van der Waals surface area (Å²) in [5.74, 6) is 0.376. The van der Waals surface area contributed by atoms with Gasteiger partial charge in [-0.2, -0.15) is 0 Å². The Labute approximate surface area is 166 Å². The number of hydrogen-bond acceptors (Lipinski definition) is 4. The number of amides is 1. The molecule has 1 aromatic rings. The fourth-order valence-corrected chi connectivity index (χ4v) is 4.13. The first-order valence-corrected chi connectivity index (χ1v) is 10.2. The molecule has 2 saturated carbocycles. The fraction of sp³-hybridized carbons (Fsp3) is 0.591. The van der Waals surface area contributed by atoms with Gasteiger partial charge in [0.15, 0.2) is 0 Å².